The van der Waals surface area contributed by atoms with Crippen LogP contribution in [-0.2, 0) is 6.54 Å². The summed E-state index contributed by atoms with van der Waals surface area (Å²) >= 11 is 5.92. The second-order valence-corrected chi connectivity index (χ2v) is 5.77. The number of nitrogens with zero attached hydrogens (tertiary/aromatic N) is 2. The highest BCUT2D eigenvalue weighted by Crippen LogP contribution is 2.26. The van der Waals surface area contributed by atoms with E-state index in [0.29, 0.717) is 16.5 Å². The van der Waals surface area contributed by atoms with E-state index >= 15 is 0 Å². The van der Waals surface area contributed by atoms with E-state index in [9.17, 15) is 14.0 Å². The van der Waals surface area contributed by atoms with Gasteiger partial charge in [-0.15, -0.1) is 0 Å². The molecule has 0 radical (unpaired) electrons. The zero-order valence-corrected chi connectivity index (χ0v) is 13.9. The van der Waals surface area contributed by atoms with Crippen LogP contribution in [-0.4, -0.2) is 15.3 Å². The lowest BCUT2D eigenvalue weighted by molar-refractivity contribution is 0.395. The molecule has 9 heteroatoms. The Morgan fingerprint density at radius 1 is 1.23 bits per heavy atom. The summed E-state index contributed by atoms with van der Waals surface area (Å²) in [5, 5.41) is 31.5. The summed E-state index contributed by atoms with van der Waals surface area (Å²) in [5.74, 6) is -2.59. The van der Waals surface area contributed by atoms with Crippen molar-refractivity contribution in [3.63, 3.8) is 0 Å². The molecule has 4 N–H and O–H groups in total. The van der Waals surface area contributed by atoms with Crippen molar-refractivity contribution < 1.29 is 13.9 Å². The first-order valence-electron chi connectivity index (χ1n) is 7.39. The minimum absolute atomic E-state index is 0.00422. The maximum absolute atomic E-state index is 13.4. The highest BCUT2D eigenvalue weighted by Gasteiger charge is 2.14. The summed E-state index contributed by atoms with van der Waals surface area (Å²) in [5.41, 5.74) is 1.10. The first-order valence-corrected chi connectivity index (χ1v) is 7.77. The van der Waals surface area contributed by atoms with Crippen LogP contribution in [0.2, 0.25) is 5.02 Å². The van der Waals surface area contributed by atoms with Gasteiger partial charge < -0.3 is 15.7 Å². The number of H-pyrrole nitrogens is 1. The van der Waals surface area contributed by atoms with Crippen LogP contribution in [0.3, 0.4) is 0 Å². The Hall–Kier alpha value is -3.31. The molecule has 26 heavy (non-hydrogen) atoms. The number of halogens is 3. The Balaban J connectivity index is 1.77. The van der Waals surface area contributed by atoms with E-state index in [2.05, 4.69) is 20.8 Å². The fourth-order valence-corrected chi connectivity index (χ4v) is 2.48. The largest absolute Gasteiger partial charge is 0.503 e. The highest BCUT2D eigenvalue weighted by atomic mass is 35.5. The number of phenolic OH excluding ortho intramolecular Hbond substituents is 1. The molecular formula is C17H12ClF2N5O. The SMILES string of the molecule is N#Cc1c(NCc2cc(F)c(O)c(F)c2)n[nH]c1Nc1cccc(Cl)c1. The average molecular weight is 376 g/mol. The summed E-state index contributed by atoms with van der Waals surface area (Å²) in [7, 11) is 0. The van der Waals surface area contributed by atoms with Gasteiger partial charge in [0.2, 0.25) is 0 Å². The number of hydrogen-bond donors (Lipinski definition) is 4. The minimum Gasteiger partial charge on any atom is -0.503 e. The van der Waals surface area contributed by atoms with Gasteiger partial charge in [-0.1, -0.05) is 17.7 Å². The Morgan fingerprint density at radius 3 is 2.62 bits per heavy atom. The van der Waals surface area contributed by atoms with Gasteiger partial charge in [0.05, 0.1) is 0 Å². The average Bonchev–Trinajstić information content (AvgIpc) is 2.99. The summed E-state index contributed by atoms with van der Waals surface area (Å²) in [6.45, 7) is 0.00422. The smallest absolute Gasteiger partial charge is 0.187 e. The van der Waals surface area contributed by atoms with E-state index < -0.39 is 17.4 Å². The third-order valence-electron chi connectivity index (χ3n) is 3.51. The van der Waals surface area contributed by atoms with Crippen molar-refractivity contribution in [3.05, 3.63) is 64.2 Å². The molecule has 0 saturated heterocycles. The molecule has 0 amide bonds. The monoisotopic (exact) mass is 375 g/mol. The van der Waals surface area contributed by atoms with Crippen molar-refractivity contribution in [3.8, 4) is 11.8 Å². The van der Waals surface area contributed by atoms with Crippen molar-refractivity contribution >= 4 is 28.9 Å². The van der Waals surface area contributed by atoms with Crippen LogP contribution < -0.4 is 10.6 Å². The predicted octanol–water partition coefficient (Wildman–Crippen LogP) is 4.27. The van der Waals surface area contributed by atoms with Crippen LogP contribution in [0.25, 0.3) is 0 Å². The number of aromatic amines is 1. The first-order chi connectivity index (χ1) is 12.5. The third-order valence-corrected chi connectivity index (χ3v) is 3.74. The molecule has 0 aliphatic rings. The number of phenols is 1. The summed E-state index contributed by atoms with van der Waals surface area (Å²) < 4.78 is 26.8. The number of nitriles is 1. The molecule has 0 aliphatic carbocycles. The second kappa shape index (κ2) is 7.29. The molecule has 1 heterocycles. The summed E-state index contributed by atoms with van der Waals surface area (Å²) in [6.07, 6.45) is 0. The molecule has 0 saturated carbocycles. The molecule has 0 atom stereocenters. The van der Waals surface area contributed by atoms with Gasteiger partial charge in [-0.2, -0.15) is 10.4 Å². The van der Waals surface area contributed by atoms with Crippen LogP contribution in [0.5, 0.6) is 5.75 Å². The fraction of sp³-hybridized carbons (Fsp3) is 0.0588. The van der Waals surface area contributed by atoms with E-state index in [1.54, 1.807) is 24.3 Å². The standard InChI is InChI=1S/C17H12ClF2N5O/c18-10-2-1-3-11(6-10)23-17-12(7-21)16(24-25-17)22-8-9-4-13(19)15(26)14(20)5-9/h1-6,26H,8H2,(H3,22,23,24,25). The zero-order chi connectivity index (χ0) is 18.7. The third kappa shape index (κ3) is 3.68. The Bertz CT molecular complexity index is 976. The van der Waals surface area contributed by atoms with E-state index in [1.165, 1.54) is 0 Å². The summed E-state index contributed by atoms with van der Waals surface area (Å²) in [6, 6.07) is 10.9. The highest BCUT2D eigenvalue weighted by molar-refractivity contribution is 6.30. The van der Waals surface area contributed by atoms with E-state index in [4.69, 9.17) is 16.7 Å². The molecule has 0 unspecified atom stereocenters. The van der Waals surface area contributed by atoms with Crippen LogP contribution in [0.15, 0.2) is 36.4 Å². The second-order valence-electron chi connectivity index (χ2n) is 5.33. The van der Waals surface area contributed by atoms with Crippen LogP contribution in [0.4, 0.5) is 26.1 Å². The van der Waals surface area contributed by atoms with Gasteiger partial charge in [0, 0.05) is 17.3 Å². The van der Waals surface area contributed by atoms with Gasteiger partial charge in [0.15, 0.2) is 23.2 Å². The normalized spacial score (nSPS) is 10.4. The number of nitrogens with one attached hydrogen (secondary N) is 3. The van der Waals surface area contributed by atoms with Crippen LogP contribution in [0, 0.1) is 23.0 Å². The van der Waals surface area contributed by atoms with Crippen molar-refractivity contribution in [2.45, 2.75) is 6.54 Å². The van der Waals surface area contributed by atoms with E-state index in [0.717, 1.165) is 12.1 Å². The molecule has 3 rings (SSSR count). The zero-order valence-electron chi connectivity index (χ0n) is 13.1. The molecule has 6 nitrogen and oxygen atoms in total. The first kappa shape index (κ1) is 17.5. The molecule has 0 aliphatic heterocycles. The van der Waals surface area contributed by atoms with E-state index in [1.807, 2.05) is 6.07 Å². The molecule has 0 bridgehead atoms. The molecule has 132 valence electrons. The molecular weight excluding hydrogens is 364 g/mol. The Kier molecular flexibility index (Phi) is 4.91. The lowest BCUT2D eigenvalue weighted by Gasteiger charge is -2.07. The molecule has 0 spiro atoms. The number of anilines is 3. The molecule has 1 aromatic heterocycles. The Morgan fingerprint density at radius 2 is 1.96 bits per heavy atom. The maximum atomic E-state index is 13.4. The minimum atomic E-state index is -1.06. The van der Waals surface area contributed by atoms with Gasteiger partial charge in [0.25, 0.3) is 0 Å². The van der Waals surface area contributed by atoms with Crippen molar-refractivity contribution in [2.75, 3.05) is 10.6 Å². The van der Waals surface area contributed by atoms with Crippen molar-refractivity contribution in [1.82, 2.24) is 10.2 Å². The number of rotatable bonds is 5. The number of aromatic nitrogens is 2. The van der Waals surface area contributed by atoms with Crippen molar-refractivity contribution in [1.29, 1.82) is 5.26 Å². The van der Waals surface area contributed by atoms with Gasteiger partial charge in [-0.05, 0) is 35.9 Å². The van der Waals surface area contributed by atoms with Gasteiger partial charge >= 0.3 is 0 Å². The van der Waals surface area contributed by atoms with Gasteiger partial charge in [0.1, 0.15) is 17.5 Å². The van der Waals surface area contributed by atoms with Crippen LogP contribution in [0.1, 0.15) is 11.1 Å². The number of benzene rings is 2. The fourth-order valence-electron chi connectivity index (χ4n) is 2.29. The maximum Gasteiger partial charge on any atom is 0.187 e. The molecule has 2 aromatic carbocycles. The number of hydrogen-bond acceptors (Lipinski definition) is 5. The quantitative estimate of drug-likeness (QED) is 0.534. The topological polar surface area (TPSA) is 96.8 Å². The number of aromatic hydroxyl groups is 1. The lowest BCUT2D eigenvalue weighted by Crippen LogP contribution is -2.02. The van der Waals surface area contributed by atoms with Crippen molar-refractivity contribution in [2.24, 2.45) is 0 Å². The molecule has 0 fully saturated rings. The van der Waals surface area contributed by atoms with E-state index in [-0.39, 0.29) is 23.5 Å². The Labute approximate surface area is 152 Å². The van der Waals surface area contributed by atoms with Gasteiger partial charge in [-0.3, -0.25) is 5.10 Å². The predicted molar refractivity (Wildman–Crippen MR) is 93.4 cm³/mol. The van der Waals surface area contributed by atoms with Crippen LogP contribution >= 0.6 is 11.6 Å². The lowest BCUT2D eigenvalue weighted by atomic mass is 10.2. The summed E-state index contributed by atoms with van der Waals surface area (Å²) in [4.78, 5) is 0. The molecule has 3 aromatic rings. The van der Waals surface area contributed by atoms with Gasteiger partial charge in [-0.25, -0.2) is 8.78 Å².